The minimum Gasteiger partial charge on any atom is -0.475 e. The van der Waals surface area contributed by atoms with Crippen LogP contribution in [0.2, 0.25) is 0 Å². The first kappa shape index (κ1) is 61.7. The van der Waals surface area contributed by atoms with Crippen LogP contribution in [0.5, 0.6) is 17.6 Å². The summed E-state index contributed by atoms with van der Waals surface area (Å²) in [5, 5.41) is 9.26. The van der Waals surface area contributed by atoms with Crippen LogP contribution in [0.1, 0.15) is 116 Å². The summed E-state index contributed by atoms with van der Waals surface area (Å²) in [6.07, 6.45) is 14.2. The molecule has 2 aliphatic heterocycles. The lowest BCUT2D eigenvalue weighted by Gasteiger charge is -2.33. The van der Waals surface area contributed by atoms with Gasteiger partial charge >= 0.3 is 12.2 Å². The lowest BCUT2D eigenvalue weighted by molar-refractivity contribution is -0.0171. The molecule has 6 rings (SSSR count). The summed E-state index contributed by atoms with van der Waals surface area (Å²) in [5.41, 5.74) is 2.24. The first-order chi connectivity index (χ1) is 34.5. The van der Waals surface area contributed by atoms with Crippen LogP contribution in [0.4, 0.5) is 9.59 Å². The Hall–Kier alpha value is -4.56. The molecule has 1 saturated carbocycles. The van der Waals surface area contributed by atoms with Gasteiger partial charge in [-0.1, -0.05) is 19.3 Å². The van der Waals surface area contributed by atoms with Gasteiger partial charge in [0.15, 0.2) is 0 Å². The molecule has 3 aliphatic rings. The zero-order chi connectivity index (χ0) is 52.6. The van der Waals surface area contributed by atoms with Crippen LogP contribution in [0.15, 0.2) is 55.0 Å². The van der Waals surface area contributed by atoms with E-state index < -0.39 is 11.2 Å². The Morgan fingerprint density at radius 2 is 0.917 bits per heavy atom. The van der Waals surface area contributed by atoms with Gasteiger partial charge in [-0.15, -0.1) is 11.6 Å². The first-order valence-electron chi connectivity index (χ1n) is 25.1. The molecule has 2 saturated heterocycles. The van der Waals surface area contributed by atoms with E-state index in [2.05, 4.69) is 15.0 Å². The molecule has 0 atom stereocenters. The zero-order valence-corrected chi connectivity index (χ0v) is 45.2. The number of carbonyl (C=O) groups excluding carboxylic acids is 2. The lowest BCUT2D eigenvalue weighted by Crippen LogP contribution is -2.43. The van der Waals surface area contributed by atoms with Crippen molar-refractivity contribution in [3.05, 3.63) is 71.7 Å². The van der Waals surface area contributed by atoms with Gasteiger partial charge in [-0.25, -0.2) is 24.5 Å². The summed E-state index contributed by atoms with van der Waals surface area (Å²) in [6.45, 7) is 18.0. The van der Waals surface area contributed by atoms with E-state index in [9.17, 15) is 14.7 Å². The van der Waals surface area contributed by atoms with Crippen LogP contribution < -0.4 is 14.2 Å². The zero-order valence-electron chi connectivity index (χ0n) is 44.4. The van der Waals surface area contributed by atoms with Gasteiger partial charge in [0, 0.05) is 90.2 Å². The number of methoxy groups -OCH3 is 3. The molecule has 1 N–H and O–H groups in total. The van der Waals surface area contributed by atoms with Crippen LogP contribution in [0.25, 0.3) is 0 Å². The average Bonchev–Trinajstić information content (AvgIpc) is 3.36. The highest BCUT2D eigenvalue weighted by atomic mass is 35.5. The van der Waals surface area contributed by atoms with Crippen LogP contribution in [0.3, 0.4) is 0 Å². The third kappa shape index (κ3) is 28.0. The van der Waals surface area contributed by atoms with E-state index in [0.717, 1.165) is 29.5 Å². The fourth-order valence-electron chi connectivity index (χ4n) is 7.11. The SMILES string of the molecule is CC(C)(C)OC(=O)N1CCC(O)CC1.COCCOc1cc(CCl)ccn1.COCCOc1cc(COC2CCCCC2)ccn1.COCCOc1cc(COC2CCN(C(=O)OC(C)(C)C)CC2)ccn1. The molecule has 0 radical (unpaired) electrons. The number of ether oxygens (including phenoxy) is 10. The fraction of sp³-hybridized carbons (Fsp3) is 0.679. The molecular weight excluding hydrogens is 950 g/mol. The number of aromatic nitrogens is 3. The number of aliphatic hydroxyl groups is 1. The number of hydrogen-bond donors (Lipinski definition) is 1. The van der Waals surface area contributed by atoms with E-state index in [0.29, 0.717) is 121 Å². The number of likely N-dealkylation sites (tertiary alicyclic amines) is 2. The van der Waals surface area contributed by atoms with Crippen LogP contribution in [-0.4, -0.2) is 159 Å². The molecule has 5 heterocycles. The number of piperidine rings is 2. The van der Waals surface area contributed by atoms with Gasteiger partial charge in [-0.05, 0) is 115 Å². The Morgan fingerprint density at radius 3 is 1.29 bits per heavy atom. The molecule has 406 valence electrons. The second-order valence-electron chi connectivity index (χ2n) is 19.4. The molecule has 0 spiro atoms. The molecule has 3 aromatic rings. The van der Waals surface area contributed by atoms with Gasteiger partial charge in [-0.2, -0.15) is 0 Å². The van der Waals surface area contributed by atoms with Crippen molar-refractivity contribution in [1.82, 2.24) is 24.8 Å². The van der Waals surface area contributed by atoms with Gasteiger partial charge in [0.1, 0.15) is 31.0 Å². The first-order valence-corrected chi connectivity index (χ1v) is 25.7. The Balaban J connectivity index is 0.000000264. The summed E-state index contributed by atoms with van der Waals surface area (Å²) in [6, 6.07) is 11.4. The molecule has 18 nitrogen and oxygen atoms in total. The van der Waals surface area contributed by atoms with E-state index in [-0.39, 0.29) is 24.4 Å². The van der Waals surface area contributed by atoms with Gasteiger partial charge in [0.05, 0.1) is 51.3 Å². The molecular formula is C53H84ClN5O13. The Kier molecular flexibility index (Phi) is 29.8. The van der Waals surface area contributed by atoms with Crippen molar-refractivity contribution in [3.63, 3.8) is 0 Å². The number of amides is 2. The maximum absolute atomic E-state index is 12.1. The highest BCUT2D eigenvalue weighted by Crippen LogP contribution is 2.23. The molecule has 0 bridgehead atoms. The molecule has 3 aromatic heterocycles. The summed E-state index contributed by atoms with van der Waals surface area (Å²) in [4.78, 5) is 39.4. The second-order valence-corrected chi connectivity index (χ2v) is 19.7. The number of hydrogen-bond acceptors (Lipinski definition) is 16. The van der Waals surface area contributed by atoms with Crippen molar-refractivity contribution >= 4 is 23.8 Å². The number of aliphatic hydroxyl groups excluding tert-OH is 1. The molecule has 0 unspecified atom stereocenters. The fourth-order valence-corrected chi connectivity index (χ4v) is 7.27. The van der Waals surface area contributed by atoms with Crippen molar-refractivity contribution in [3.8, 4) is 17.6 Å². The van der Waals surface area contributed by atoms with Gasteiger partial charge < -0.3 is 62.3 Å². The minimum absolute atomic E-state index is 0.139. The number of halogens is 1. The second kappa shape index (κ2) is 34.8. The highest BCUT2D eigenvalue weighted by Gasteiger charge is 2.28. The normalized spacial score (nSPS) is 15.7. The largest absolute Gasteiger partial charge is 0.475 e. The Bertz CT molecular complexity index is 1920. The summed E-state index contributed by atoms with van der Waals surface area (Å²) in [5.74, 6) is 2.28. The minimum atomic E-state index is -0.463. The molecule has 1 aliphatic carbocycles. The van der Waals surface area contributed by atoms with Crippen molar-refractivity contribution in [2.24, 2.45) is 0 Å². The third-order valence-corrected chi connectivity index (χ3v) is 11.2. The van der Waals surface area contributed by atoms with E-state index in [4.69, 9.17) is 59.0 Å². The number of nitrogens with zero attached hydrogens (tertiary/aromatic N) is 5. The topological polar surface area (TPSA) is 192 Å². The molecule has 2 amide bonds. The third-order valence-electron chi connectivity index (χ3n) is 10.9. The quantitative estimate of drug-likeness (QED) is 0.0882. The molecule has 72 heavy (non-hydrogen) atoms. The standard InChI is InChI=1S/C19H30N2O5.C15H23NO3.C10H19NO3.C9H12ClNO2/c1-19(2,3)26-18(22)21-9-6-16(7-10-21)25-14-15-5-8-20-17(13-15)24-12-11-23-4;1-17-9-10-18-15-11-13(7-8-16-15)12-19-14-5-3-2-4-6-14;1-10(2,3)14-9(13)11-6-4-8(12)5-7-11;1-12-4-5-13-9-6-8(7-10)2-3-11-9/h5,8,13,16H,6-7,9-12,14H2,1-4H3;7-8,11,14H,2-6,9-10,12H2,1H3;8,12H,4-7H2,1-3H3;2-3,6H,4-5,7H2,1H3. The highest BCUT2D eigenvalue weighted by molar-refractivity contribution is 6.17. The average molecular weight is 1030 g/mol. The van der Waals surface area contributed by atoms with Gasteiger partial charge in [-0.3, -0.25) is 0 Å². The van der Waals surface area contributed by atoms with E-state index in [1.807, 2.05) is 77.9 Å². The number of alkyl halides is 1. The number of carbonyl (C=O) groups is 2. The van der Waals surface area contributed by atoms with E-state index in [1.54, 1.807) is 49.7 Å². The van der Waals surface area contributed by atoms with Crippen molar-refractivity contribution in [2.75, 3.05) is 87.1 Å². The monoisotopic (exact) mass is 1030 g/mol. The Morgan fingerprint density at radius 1 is 0.556 bits per heavy atom. The summed E-state index contributed by atoms with van der Waals surface area (Å²) >= 11 is 5.65. The van der Waals surface area contributed by atoms with Crippen molar-refractivity contribution < 1.29 is 62.1 Å². The smallest absolute Gasteiger partial charge is 0.410 e. The molecule has 0 aromatic carbocycles. The maximum Gasteiger partial charge on any atom is 0.410 e. The number of rotatable bonds is 19. The van der Waals surface area contributed by atoms with Crippen molar-refractivity contribution in [1.29, 1.82) is 0 Å². The summed E-state index contributed by atoms with van der Waals surface area (Å²) < 4.78 is 53.6. The van der Waals surface area contributed by atoms with Crippen LogP contribution >= 0.6 is 11.6 Å². The van der Waals surface area contributed by atoms with E-state index >= 15 is 0 Å². The van der Waals surface area contributed by atoms with Crippen LogP contribution in [-0.2, 0) is 52.3 Å². The summed E-state index contributed by atoms with van der Waals surface area (Å²) in [7, 11) is 4.92. The molecule has 19 heteroatoms. The lowest BCUT2D eigenvalue weighted by atomic mass is 9.98. The maximum atomic E-state index is 12.1. The Labute approximate surface area is 433 Å². The predicted octanol–water partition coefficient (Wildman–Crippen LogP) is 9.20. The van der Waals surface area contributed by atoms with Gasteiger partial charge in [0.25, 0.3) is 0 Å². The predicted molar refractivity (Wildman–Crippen MR) is 275 cm³/mol. The molecule has 3 fully saturated rings. The van der Waals surface area contributed by atoms with Gasteiger partial charge in [0.2, 0.25) is 17.6 Å². The number of pyridine rings is 3. The van der Waals surface area contributed by atoms with Crippen molar-refractivity contribution in [2.45, 2.75) is 148 Å². The van der Waals surface area contributed by atoms with Crippen LogP contribution in [0, 0.1) is 0 Å². The van der Waals surface area contributed by atoms with E-state index in [1.165, 1.54) is 32.1 Å².